The molecule has 20 heavy (non-hydrogen) atoms. The zero-order valence-corrected chi connectivity index (χ0v) is 13.6. The van der Waals surface area contributed by atoms with Gasteiger partial charge in [-0.1, -0.05) is 27.2 Å². The molecule has 0 aromatic rings. The third-order valence-electron chi connectivity index (χ3n) is 4.85. The van der Waals surface area contributed by atoms with Crippen molar-refractivity contribution < 1.29 is 9.53 Å². The van der Waals surface area contributed by atoms with Crippen molar-refractivity contribution in [3.63, 3.8) is 0 Å². The Hall–Kier alpha value is -0.570. The smallest absolute Gasteiger partial charge is 0.306 e. The van der Waals surface area contributed by atoms with Gasteiger partial charge in [0.15, 0.2) is 0 Å². The van der Waals surface area contributed by atoms with E-state index in [2.05, 4.69) is 20.8 Å². The van der Waals surface area contributed by atoms with Gasteiger partial charge < -0.3 is 10.5 Å². The van der Waals surface area contributed by atoms with Crippen molar-refractivity contribution in [1.82, 2.24) is 0 Å². The summed E-state index contributed by atoms with van der Waals surface area (Å²) < 4.78 is 5.73. The first kappa shape index (κ1) is 17.5. The third-order valence-corrected chi connectivity index (χ3v) is 4.85. The maximum Gasteiger partial charge on any atom is 0.306 e. The third kappa shape index (κ3) is 5.82. The van der Waals surface area contributed by atoms with Gasteiger partial charge in [-0.2, -0.15) is 0 Å². The molecule has 1 rings (SSSR count). The highest BCUT2D eigenvalue weighted by Crippen LogP contribution is 2.30. The minimum Gasteiger partial charge on any atom is -0.462 e. The zero-order valence-electron chi connectivity index (χ0n) is 13.6. The van der Waals surface area contributed by atoms with E-state index in [4.69, 9.17) is 10.5 Å². The van der Waals surface area contributed by atoms with E-state index in [1.165, 1.54) is 19.3 Å². The summed E-state index contributed by atoms with van der Waals surface area (Å²) in [6.45, 7) is 7.32. The average Bonchev–Trinajstić information content (AvgIpc) is 2.43. The van der Waals surface area contributed by atoms with Crippen molar-refractivity contribution in [3.8, 4) is 0 Å². The molecular weight excluding hydrogens is 250 g/mol. The normalized spacial score (nSPS) is 24.6. The van der Waals surface area contributed by atoms with E-state index in [1.54, 1.807) is 0 Å². The second kappa shape index (κ2) is 9.38. The summed E-state index contributed by atoms with van der Waals surface area (Å²) in [7, 11) is 0. The van der Waals surface area contributed by atoms with Gasteiger partial charge in [0.2, 0.25) is 0 Å². The van der Waals surface area contributed by atoms with Crippen molar-refractivity contribution in [3.05, 3.63) is 0 Å². The molecule has 3 nitrogen and oxygen atoms in total. The molecule has 1 aliphatic rings. The van der Waals surface area contributed by atoms with Gasteiger partial charge in [-0.25, -0.2) is 0 Å². The molecule has 0 spiro atoms. The Balaban J connectivity index is 2.34. The number of rotatable bonds is 8. The first-order chi connectivity index (χ1) is 9.58. The van der Waals surface area contributed by atoms with E-state index in [1.807, 2.05) is 0 Å². The van der Waals surface area contributed by atoms with Gasteiger partial charge in [-0.3, -0.25) is 4.79 Å². The van der Waals surface area contributed by atoms with Crippen LogP contribution < -0.4 is 5.73 Å². The summed E-state index contributed by atoms with van der Waals surface area (Å²) in [5, 5.41) is 0. The summed E-state index contributed by atoms with van der Waals surface area (Å²) in [5.74, 6) is 1.71. The second-order valence-corrected chi connectivity index (χ2v) is 6.60. The van der Waals surface area contributed by atoms with Crippen LogP contribution in [0.1, 0.15) is 72.1 Å². The van der Waals surface area contributed by atoms with E-state index in [-0.39, 0.29) is 12.1 Å². The molecule has 0 saturated heterocycles. The van der Waals surface area contributed by atoms with E-state index in [0.29, 0.717) is 30.7 Å². The topological polar surface area (TPSA) is 52.3 Å². The number of ether oxygens (including phenoxy) is 1. The number of hydrogen-bond acceptors (Lipinski definition) is 3. The lowest BCUT2D eigenvalue weighted by Crippen LogP contribution is -2.30. The second-order valence-electron chi connectivity index (χ2n) is 6.60. The summed E-state index contributed by atoms with van der Waals surface area (Å²) in [6, 6.07) is 0. The van der Waals surface area contributed by atoms with E-state index in [9.17, 15) is 4.79 Å². The Labute approximate surface area is 124 Å². The molecular formula is C17H33NO2. The number of nitrogens with two attached hydrogens (primary N) is 1. The predicted octanol–water partition coefficient (Wildman–Crippen LogP) is 3.90. The molecule has 118 valence electrons. The first-order valence-electron chi connectivity index (χ1n) is 8.48. The van der Waals surface area contributed by atoms with Gasteiger partial charge in [0.25, 0.3) is 0 Å². The Morgan fingerprint density at radius 1 is 1.25 bits per heavy atom. The van der Waals surface area contributed by atoms with E-state index < -0.39 is 0 Å². The van der Waals surface area contributed by atoms with Crippen molar-refractivity contribution in [2.75, 3.05) is 6.54 Å². The minimum atomic E-state index is -0.00183. The molecule has 1 aliphatic carbocycles. The number of esters is 1. The largest absolute Gasteiger partial charge is 0.462 e. The highest BCUT2D eigenvalue weighted by molar-refractivity contribution is 5.69. The lowest BCUT2D eigenvalue weighted by molar-refractivity contribution is -0.154. The molecule has 3 atom stereocenters. The molecule has 0 heterocycles. The van der Waals surface area contributed by atoms with Gasteiger partial charge in [-0.05, 0) is 62.8 Å². The summed E-state index contributed by atoms with van der Waals surface area (Å²) >= 11 is 0. The van der Waals surface area contributed by atoms with E-state index in [0.717, 1.165) is 25.7 Å². The number of hydrogen-bond donors (Lipinski definition) is 1. The first-order valence-corrected chi connectivity index (χ1v) is 8.48. The summed E-state index contributed by atoms with van der Waals surface area (Å²) in [4.78, 5) is 12.1. The van der Waals surface area contributed by atoms with Gasteiger partial charge >= 0.3 is 5.97 Å². The zero-order chi connectivity index (χ0) is 15.0. The molecule has 3 heteroatoms. The standard InChI is InChI=1S/C17H33NO2/c1-4-14-7-5-6-8-16(14)20-17(19)10-9-15(11-12-18)13(2)3/h13-16H,4-12,18H2,1-3H3. The minimum absolute atomic E-state index is 0.00183. The Bertz CT molecular complexity index is 278. The van der Waals surface area contributed by atoms with Crippen LogP contribution in [-0.2, 0) is 9.53 Å². The van der Waals surface area contributed by atoms with Crippen LogP contribution in [0.2, 0.25) is 0 Å². The Kier molecular flexibility index (Phi) is 8.20. The maximum absolute atomic E-state index is 12.1. The van der Waals surface area contributed by atoms with Crippen LogP contribution >= 0.6 is 0 Å². The number of carbonyl (C=O) groups is 1. The van der Waals surface area contributed by atoms with Crippen LogP contribution in [0, 0.1) is 17.8 Å². The van der Waals surface area contributed by atoms with Crippen LogP contribution in [-0.4, -0.2) is 18.6 Å². The van der Waals surface area contributed by atoms with Crippen molar-refractivity contribution in [2.24, 2.45) is 23.5 Å². The molecule has 1 fully saturated rings. The van der Waals surface area contributed by atoms with Gasteiger partial charge in [0, 0.05) is 6.42 Å². The molecule has 0 amide bonds. The number of carbonyl (C=O) groups excluding carboxylic acids is 1. The molecule has 0 aromatic heterocycles. The summed E-state index contributed by atoms with van der Waals surface area (Å²) in [6.07, 6.45) is 8.54. The average molecular weight is 283 g/mol. The quantitative estimate of drug-likeness (QED) is 0.687. The molecule has 0 radical (unpaired) electrons. The molecule has 0 bridgehead atoms. The fraction of sp³-hybridized carbons (Fsp3) is 0.941. The fourth-order valence-electron chi connectivity index (χ4n) is 3.35. The van der Waals surface area contributed by atoms with Crippen molar-refractivity contribution in [2.45, 2.75) is 78.2 Å². The highest BCUT2D eigenvalue weighted by Gasteiger charge is 2.27. The summed E-state index contributed by atoms with van der Waals surface area (Å²) in [5.41, 5.74) is 5.64. The van der Waals surface area contributed by atoms with Crippen LogP contribution in [0.5, 0.6) is 0 Å². The van der Waals surface area contributed by atoms with Crippen molar-refractivity contribution in [1.29, 1.82) is 0 Å². The van der Waals surface area contributed by atoms with Crippen LogP contribution in [0.25, 0.3) is 0 Å². The van der Waals surface area contributed by atoms with Gasteiger partial charge in [0.05, 0.1) is 0 Å². The fourth-order valence-corrected chi connectivity index (χ4v) is 3.35. The van der Waals surface area contributed by atoms with Crippen LogP contribution in [0.4, 0.5) is 0 Å². The SMILES string of the molecule is CCC1CCCCC1OC(=O)CCC(CCN)C(C)C. The van der Waals surface area contributed by atoms with E-state index >= 15 is 0 Å². The van der Waals surface area contributed by atoms with Crippen LogP contribution in [0.3, 0.4) is 0 Å². The molecule has 3 unspecified atom stereocenters. The molecule has 1 saturated carbocycles. The molecule has 0 aromatic carbocycles. The Morgan fingerprint density at radius 3 is 2.55 bits per heavy atom. The lowest BCUT2D eigenvalue weighted by atomic mass is 9.84. The maximum atomic E-state index is 12.1. The van der Waals surface area contributed by atoms with Crippen molar-refractivity contribution >= 4 is 5.97 Å². The Morgan fingerprint density at radius 2 is 1.95 bits per heavy atom. The lowest BCUT2D eigenvalue weighted by Gasteiger charge is -2.30. The van der Waals surface area contributed by atoms with Gasteiger partial charge in [-0.15, -0.1) is 0 Å². The monoisotopic (exact) mass is 283 g/mol. The molecule has 2 N–H and O–H groups in total. The van der Waals surface area contributed by atoms with Crippen LogP contribution in [0.15, 0.2) is 0 Å². The van der Waals surface area contributed by atoms with Gasteiger partial charge in [0.1, 0.15) is 6.10 Å². The molecule has 0 aliphatic heterocycles. The predicted molar refractivity (Wildman–Crippen MR) is 83.4 cm³/mol. The highest BCUT2D eigenvalue weighted by atomic mass is 16.5.